The van der Waals surface area contributed by atoms with E-state index in [0.717, 1.165) is 6.07 Å². The number of alkyl halides is 2. The molecule has 0 spiro atoms. The highest BCUT2D eigenvalue weighted by Gasteiger charge is 2.13. The molecule has 2 aromatic carbocycles. The zero-order valence-corrected chi connectivity index (χ0v) is 12.1. The van der Waals surface area contributed by atoms with E-state index in [4.69, 9.17) is 11.6 Å². The minimum atomic E-state index is -3.02. The molecule has 6 nitrogen and oxygen atoms in total. The molecular weight excluding hydrogens is 334 g/mol. The average Bonchev–Trinajstić information content (AvgIpc) is 2.49. The zero-order chi connectivity index (χ0) is 17.0. The molecule has 0 atom stereocenters. The predicted octanol–water partition coefficient (Wildman–Crippen LogP) is 4.10. The first-order chi connectivity index (χ1) is 10.9. The van der Waals surface area contributed by atoms with Crippen molar-refractivity contribution >= 4 is 28.9 Å². The summed E-state index contributed by atoms with van der Waals surface area (Å²) in [5, 5.41) is 13.0. The fourth-order valence-corrected chi connectivity index (χ4v) is 1.96. The van der Waals surface area contributed by atoms with Crippen LogP contribution in [0.3, 0.4) is 0 Å². The molecule has 0 aliphatic carbocycles. The molecule has 0 fully saturated rings. The second kappa shape index (κ2) is 7.01. The number of amides is 1. The normalized spacial score (nSPS) is 10.4. The minimum Gasteiger partial charge on any atom is -0.433 e. The summed E-state index contributed by atoms with van der Waals surface area (Å²) in [6.45, 7) is -3.02. The number of hydrogen-bond acceptors (Lipinski definition) is 4. The van der Waals surface area contributed by atoms with E-state index >= 15 is 0 Å². The van der Waals surface area contributed by atoms with Crippen LogP contribution in [0.15, 0.2) is 42.5 Å². The van der Waals surface area contributed by atoms with E-state index in [9.17, 15) is 23.7 Å². The number of anilines is 1. The number of hydrogen-bond donors (Lipinski definition) is 1. The average molecular weight is 343 g/mol. The van der Waals surface area contributed by atoms with Crippen LogP contribution in [0.1, 0.15) is 10.4 Å². The summed E-state index contributed by atoms with van der Waals surface area (Å²) in [5.74, 6) is -0.831. The van der Waals surface area contributed by atoms with E-state index in [1.54, 1.807) is 0 Å². The summed E-state index contributed by atoms with van der Waals surface area (Å²) >= 11 is 5.77. The Bertz CT molecular complexity index is 755. The summed E-state index contributed by atoms with van der Waals surface area (Å²) in [6, 6.07) is 8.87. The molecule has 0 heterocycles. The Balaban J connectivity index is 2.15. The van der Waals surface area contributed by atoms with E-state index in [1.165, 1.54) is 36.4 Å². The molecular formula is C14H9ClF2N2O4. The predicted molar refractivity (Wildman–Crippen MR) is 79.1 cm³/mol. The van der Waals surface area contributed by atoms with Crippen LogP contribution in [0.5, 0.6) is 5.75 Å². The smallest absolute Gasteiger partial charge is 0.387 e. The Hall–Kier alpha value is -2.74. The molecule has 2 rings (SSSR count). The van der Waals surface area contributed by atoms with Gasteiger partial charge in [-0.25, -0.2) is 0 Å². The van der Waals surface area contributed by atoms with Gasteiger partial charge in [-0.1, -0.05) is 17.7 Å². The molecule has 0 bridgehead atoms. The monoisotopic (exact) mass is 342 g/mol. The van der Waals surface area contributed by atoms with E-state index in [-0.39, 0.29) is 27.7 Å². The Labute approximate surface area is 133 Å². The minimum absolute atomic E-state index is 0.0724. The summed E-state index contributed by atoms with van der Waals surface area (Å²) in [6.07, 6.45) is 0. The van der Waals surface area contributed by atoms with Gasteiger partial charge >= 0.3 is 6.61 Å². The molecule has 0 aromatic heterocycles. The molecule has 1 amide bonds. The molecule has 0 saturated heterocycles. The van der Waals surface area contributed by atoms with Gasteiger partial charge < -0.3 is 10.1 Å². The van der Waals surface area contributed by atoms with Gasteiger partial charge in [-0.3, -0.25) is 14.9 Å². The third-order valence-corrected chi connectivity index (χ3v) is 3.02. The lowest BCUT2D eigenvalue weighted by atomic mass is 10.2. The van der Waals surface area contributed by atoms with Crippen molar-refractivity contribution in [2.24, 2.45) is 0 Å². The van der Waals surface area contributed by atoms with Crippen LogP contribution in [0.25, 0.3) is 0 Å². The molecule has 0 aliphatic rings. The largest absolute Gasteiger partial charge is 0.433 e. The molecule has 120 valence electrons. The fraction of sp³-hybridized carbons (Fsp3) is 0.0714. The van der Waals surface area contributed by atoms with Crippen LogP contribution < -0.4 is 10.1 Å². The van der Waals surface area contributed by atoms with E-state index in [1.807, 2.05) is 0 Å². The first kappa shape index (κ1) is 16.6. The number of non-ortho nitro benzene ring substituents is 1. The van der Waals surface area contributed by atoms with Gasteiger partial charge in [-0.15, -0.1) is 0 Å². The maximum atomic E-state index is 12.1. The van der Waals surface area contributed by atoms with Crippen molar-refractivity contribution in [1.29, 1.82) is 0 Å². The quantitative estimate of drug-likeness (QED) is 0.655. The number of rotatable bonds is 5. The van der Waals surface area contributed by atoms with Crippen molar-refractivity contribution in [2.45, 2.75) is 6.61 Å². The lowest BCUT2D eigenvalue weighted by Gasteiger charge is -2.09. The summed E-state index contributed by atoms with van der Waals surface area (Å²) in [7, 11) is 0. The zero-order valence-electron chi connectivity index (χ0n) is 11.3. The Morgan fingerprint density at radius 2 is 2.00 bits per heavy atom. The molecule has 9 heteroatoms. The van der Waals surface area contributed by atoms with Gasteiger partial charge in [0.2, 0.25) is 0 Å². The summed E-state index contributed by atoms with van der Waals surface area (Å²) in [4.78, 5) is 22.1. The maximum Gasteiger partial charge on any atom is 0.387 e. The van der Waals surface area contributed by atoms with Gasteiger partial charge in [0.05, 0.1) is 9.95 Å². The Morgan fingerprint density at radius 3 is 2.61 bits per heavy atom. The van der Waals surface area contributed by atoms with Crippen molar-refractivity contribution in [2.75, 3.05) is 5.32 Å². The lowest BCUT2D eigenvalue weighted by molar-refractivity contribution is -0.384. The number of carbonyl (C=O) groups is 1. The first-order valence-corrected chi connectivity index (χ1v) is 6.55. The van der Waals surface area contributed by atoms with E-state index < -0.39 is 17.4 Å². The number of halogens is 3. The lowest BCUT2D eigenvalue weighted by Crippen LogP contribution is -2.12. The van der Waals surface area contributed by atoms with Crippen LogP contribution in [-0.2, 0) is 0 Å². The van der Waals surface area contributed by atoms with Crippen LogP contribution >= 0.6 is 11.6 Å². The molecule has 0 unspecified atom stereocenters. The molecule has 0 saturated carbocycles. The standard InChI is InChI=1S/C14H9ClF2N2O4/c15-11-7-9(4-5-12(11)23-14(16)17)18-13(20)8-2-1-3-10(6-8)19(21)22/h1-7,14H,(H,18,20). The molecule has 2 aromatic rings. The summed E-state index contributed by atoms with van der Waals surface area (Å²) in [5.41, 5.74) is 0.0766. The van der Waals surface area contributed by atoms with Crippen LogP contribution in [0.2, 0.25) is 5.02 Å². The third kappa shape index (κ3) is 4.36. The SMILES string of the molecule is O=C(Nc1ccc(OC(F)F)c(Cl)c1)c1cccc([N+](=O)[O-])c1. The summed E-state index contributed by atoms with van der Waals surface area (Å²) < 4.78 is 28.4. The molecule has 23 heavy (non-hydrogen) atoms. The van der Waals surface area contributed by atoms with Crippen molar-refractivity contribution in [3.63, 3.8) is 0 Å². The third-order valence-electron chi connectivity index (χ3n) is 2.72. The Kier molecular flexibility index (Phi) is 5.07. The fourth-order valence-electron chi connectivity index (χ4n) is 1.73. The van der Waals surface area contributed by atoms with Crippen molar-refractivity contribution in [3.8, 4) is 5.75 Å². The topological polar surface area (TPSA) is 81.5 Å². The highest BCUT2D eigenvalue weighted by Crippen LogP contribution is 2.29. The van der Waals surface area contributed by atoms with Crippen molar-refractivity contribution < 1.29 is 23.2 Å². The highest BCUT2D eigenvalue weighted by molar-refractivity contribution is 6.32. The van der Waals surface area contributed by atoms with Crippen LogP contribution in [-0.4, -0.2) is 17.4 Å². The van der Waals surface area contributed by atoms with Gasteiger partial charge in [-0.2, -0.15) is 8.78 Å². The number of nitro benzene ring substituents is 1. The second-order valence-corrected chi connectivity index (χ2v) is 4.69. The number of nitrogens with one attached hydrogen (secondary N) is 1. The first-order valence-electron chi connectivity index (χ1n) is 6.17. The van der Waals surface area contributed by atoms with Crippen molar-refractivity contribution in [3.05, 3.63) is 63.2 Å². The van der Waals surface area contributed by atoms with E-state index in [0.29, 0.717) is 0 Å². The number of nitrogens with zero attached hydrogens (tertiary/aromatic N) is 1. The van der Waals surface area contributed by atoms with Gasteiger partial charge in [-0.05, 0) is 24.3 Å². The highest BCUT2D eigenvalue weighted by atomic mass is 35.5. The van der Waals surface area contributed by atoms with Gasteiger partial charge in [0, 0.05) is 23.4 Å². The molecule has 0 radical (unpaired) electrons. The van der Waals surface area contributed by atoms with Crippen LogP contribution in [0, 0.1) is 10.1 Å². The molecule has 1 N–H and O–H groups in total. The number of nitro groups is 1. The van der Waals surface area contributed by atoms with E-state index in [2.05, 4.69) is 10.1 Å². The second-order valence-electron chi connectivity index (χ2n) is 4.29. The maximum absolute atomic E-state index is 12.1. The van der Waals surface area contributed by atoms with Gasteiger partial charge in [0.15, 0.2) is 0 Å². The number of ether oxygens (including phenoxy) is 1. The number of carbonyl (C=O) groups excluding carboxylic acids is 1. The van der Waals surface area contributed by atoms with Gasteiger partial charge in [0.1, 0.15) is 5.75 Å². The molecule has 0 aliphatic heterocycles. The Morgan fingerprint density at radius 1 is 1.26 bits per heavy atom. The van der Waals surface area contributed by atoms with Gasteiger partial charge in [0.25, 0.3) is 11.6 Å². The number of benzene rings is 2. The van der Waals surface area contributed by atoms with Crippen molar-refractivity contribution in [1.82, 2.24) is 0 Å². The van der Waals surface area contributed by atoms with Crippen LogP contribution in [0.4, 0.5) is 20.2 Å².